The van der Waals surface area contributed by atoms with E-state index >= 15 is 0 Å². The molecule has 1 aliphatic carbocycles. The molecule has 0 spiro atoms. The Morgan fingerprint density at radius 3 is 2.82 bits per heavy atom. The molecular formula is C12H13Cl2FO2. The van der Waals surface area contributed by atoms with Crippen LogP contribution in [0.1, 0.15) is 13.3 Å². The summed E-state index contributed by atoms with van der Waals surface area (Å²) in [5, 5.41) is 0.234. The lowest BCUT2D eigenvalue weighted by molar-refractivity contribution is -0.0759. The number of benzene rings is 1. The molecule has 0 N–H and O–H groups in total. The number of hydrogen-bond acceptors (Lipinski definition) is 2. The Kier molecular flexibility index (Phi) is 4.13. The first kappa shape index (κ1) is 12.9. The second-order valence-electron chi connectivity index (χ2n) is 3.90. The molecule has 3 unspecified atom stereocenters. The zero-order valence-corrected chi connectivity index (χ0v) is 10.8. The minimum Gasteiger partial charge on any atom is -0.486 e. The SMILES string of the molecule is CCOC1C(Cl)CC1Oc1ccc(F)cc1Cl. The molecule has 0 radical (unpaired) electrons. The zero-order chi connectivity index (χ0) is 12.4. The molecule has 1 aromatic carbocycles. The van der Waals surface area contributed by atoms with Gasteiger partial charge in [0, 0.05) is 13.0 Å². The van der Waals surface area contributed by atoms with Crippen LogP contribution < -0.4 is 4.74 Å². The lowest BCUT2D eigenvalue weighted by Gasteiger charge is -2.40. The van der Waals surface area contributed by atoms with Crippen LogP contribution >= 0.6 is 23.2 Å². The number of alkyl halides is 1. The van der Waals surface area contributed by atoms with E-state index in [0.717, 1.165) is 0 Å². The summed E-state index contributed by atoms with van der Waals surface area (Å²) in [5.74, 6) is 0.0823. The predicted molar refractivity (Wildman–Crippen MR) is 65.5 cm³/mol. The summed E-state index contributed by atoms with van der Waals surface area (Å²) in [6, 6.07) is 4.05. The Balaban J connectivity index is 2.01. The van der Waals surface area contributed by atoms with Gasteiger partial charge in [0.25, 0.3) is 0 Å². The van der Waals surface area contributed by atoms with E-state index < -0.39 is 0 Å². The Morgan fingerprint density at radius 2 is 2.24 bits per heavy atom. The van der Waals surface area contributed by atoms with Crippen molar-refractivity contribution in [2.45, 2.75) is 30.9 Å². The first-order valence-corrected chi connectivity index (χ1v) is 6.30. The number of ether oxygens (including phenoxy) is 2. The number of rotatable bonds is 4. The van der Waals surface area contributed by atoms with Crippen molar-refractivity contribution in [1.82, 2.24) is 0 Å². The maximum atomic E-state index is 12.9. The highest BCUT2D eigenvalue weighted by molar-refractivity contribution is 6.32. The normalized spacial score (nSPS) is 27.6. The molecule has 17 heavy (non-hydrogen) atoms. The van der Waals surface area contributed by atoms with Crippen LogP contribution in [0.25, 0.3) is 0 Å². The molecular weight excluding hydrogens is 266 g/mol. The average Bonchev–Trinajstić information content (AvgIpc) is 2.28. The van der Waals surface area contributed by atoms with Gasteiger partial charge < -0.3 is 9.47 Å². The van der Waals surface area contributed by atoms with Gasteiger partial charge in [-0.3, -0.25) is 0 Å². The van der Waals surface area contributed by atoms with Crippen molar-refractivity contribution in [3.8, 4) is 5.75 Å². The van der Waals surface area contributed by atoms with Gasteiger partial charge in [-0.2, -0.15) is 0 Å². The van der Waals surface area contributed by atoms with E-state index in [9.17, 15) is 4.39 Å². The Hall–Kier alpha value is -0.510. The van der Waals surface area contributed by atoms with Gasteiger partial charge in [0.15, 0.2) is 0 Å². The van der Waals surface area contributed by atoms with E-state index in [0.29, 0.717) is 18.8 Å². The van der Waals surface area contributed by atoms with E-state index in [4.69, 9.17) is 32.7 Å². The van der Waals surface area contributed by atoms with E-state index in [2.05, 4.69) is 0 Å². The molecule has 5 heteroatoms. The smallest absolute Gasteiger partial charge is 0.138 e. The summed E-state index contributed by atoms with van der Waals surface area (Å²) >= 11 is 11.9. The van der Waals surface area contributed by atoms with Crippen LogP contribution in [0.3, 0.4) is 0 Å². The molecule has 0 saturated heterocycles. The summed E-state index contributed by atoms with van der Waals surface area (Å²) < 4.78 is 24.0. The Labute approximate surface area is 110 Å². The maximum absolute atomic E-state index is 12.9. The summed E-state index contributed by atoms with van der Waals surface area (Å²) in [4.78, 5) is 0. The maximum Gasteiger partial charge on any atom is 0.138 e. The van der Waals surface area contributed by atoms with Gasteiger partial charge in [-0.1, -0.05) is 11.6 Å². The molecule has 94 valence electrons. The van der Waals surface area contributed by atoms with E-state index in [1.165, 1.54) is 18.2 Å². The molecule has 0 heterocycles. The third-order valence-electron chi connectivity index (χ3n) is 2.71. The van der Waals surface area contributed by atoms with Crippen molar-refractivity contribution < 1.29 is 13.9 Å². The van der Waals surface area contributed by atoms with Crippen LogP contribution in [0.5, 0.6) is 5.75 Å². The molecule has 1 aromatic rings. The molecule has 0 bridgehead atoms. The molecule has 1 fully saturated rings. The molecule has 1 aliphatic rings. The van der Waals surface area contributed by atoms with Crippen molar-refractivity contribution in [1.29, 1.82) is 0 Å². The number of halogens is 3. The highest BCUT2D eigenvalue weighted by atomic mass is 35.5. The molecule has 0 amide bonds. The van der Waals surface area contributed by atoms with Gasteiger partial charge in [-0.15, -0.1) is 11.6 Å². The van der Waals surface area contributed by atoms with Crippen molar-refractivity contribution in [2.24, 2.45) is 0 Å². The summed E-state index contributed by atoms with van der Waals surface area (Å²) in [6.07, 6.45) is 0.475. The predicted octanol–water partition coefficient (Wildman–Crippen LogP) is 3.64. The first-order valence-electron chi connectivity index (χ1n) is 5.49. The molecule has 3 atom stereocenters. The summed E-state index contributed by atoms with van der Waals surface area (Å²) in [5.41, 5.74) is 0. The zero-order valence-electron chi connectivity index (χ0n) is 9.33. The minimum absolute atomic E-state index is 0.0285. The van der Waals surface area contributed by atoms with Crippen LogP contribution in [-0.2, 0) is 4.74 Å². The van der Waals surface area contributed by atoms with Gasteiger partial charge in [0.2, 0.25) is 0 Å². The van der Waals surface area contributed by atoms with E-state index in [1.54, 1.807) is 0 Å². The second-order valence-corrected chi connectivity index (χ2v) is 4.87. The lowest BCUT2D eigenvalue weighted by atomic mass is 9.91. The van der Waals surface area contributed by atoms with E-state index in [1.807, 2.05) is 6.92 Å². The van der Waals surface area contributed by atoms with Gasteiger partial charge >= 0.3 is 0 Å². The fraction of sp³-hybridized carbons (Fsp3) is 0.500. The molecule has 2 rings (SSSR count). The number of hydrogen-bond donors (Lipinski definition) is 0. The van der Waals surface area contributed by atoms with E-state index in [-0.39, 0.29) is 28.4 Å². The van der Waals surface area contributed by atoms with Gasteiger partial charge in [0.05, 0.1) is 10.4 Å². The van der Waals surface area contributed by atoms with Gasteiger partial charge in [-0.05, 0) is 25.1 Å². The quantitative estimate of drug-likeness (QED) is 0.783. The van der Waals surface area contributed by atoms with Crippen molar-refractivity contribution in [3.05, 3.63) is 29.0 Å². The third kappa shape index (κ3) is 2.84. The van der Waals surface area contributed by atoms with Crippen LogP contribution in [-0.4, -0.2) is 24.2 Å². The highest BCUT2D eigenvalue weighted by Gasteiger charge is 2.42. The van der Waals surface area contributed by atoms with Crippen LogP contribution in [0, 0.1) is 5.82 Å². The lowest BCUT2D eigenvalue weighted by Crippen LogP contribution is -2.52. The third-order valence-corrected chi connectivity index (χ3v) is 3.43. The molecule has 0 aliphatic heterocycles. The van der Waals surface area contributed by atoms with Crippen LogP contribution in [0.2, 0.25) is 5.02 Å². The molecule has 1 saturated carbocycles. The highest BCUT2D eigenvalue weighted by Crippen LogP contribution is 2.35. The van der Waals surface area contributed by atoms with Crippen molar-refractivity contribution in [3.63, 3.8) is 0 Å². The fourth-order valence-corrected chi connectivity index (χ4v) is 2.40. The topological polar surface area (TPSA) is 18.5 Å². The van der Waals surface area contributed by atoms with Crippen LogP contribution in [0.15, 0.2) is 18.2 Å². The Morgan fingerprint density at radius 1 is 1.47 bits per heavy atom. The average molecular weight is 279 g/mol. The summed E-state index contributed by atoms with van der Waals surface area (Å²) in [6.45, 7) is 2.49. The monoisotopic (exact) mass is 278 g/mol. The van der Waals surface area contributed by atoms with Gasteiger partial charge in [-0.25, -0.2) is 4.39 Å². The first-order chi connectivity index (χ1) is 8.11. The standard InChI is InChI=1S/C12H13Cl2FO2/c1-2-16-12-9(14)6-11(12)17-10-4-3-7(15)5-8(10)13/h3-5,9,11-12H,2,6H2,1H3. The van der Waals surface area contributed by atoms with Crippen molar-refractivity contribution >= 4 is 23.2 Å². The molecule has 0 aromatic heterocycles. The van der Waals surface area contributed by atoms with Crippen LogP contribution in [0.4, 0.5) is 4.39 Å². The Bertz CT molecular complexity index is 400. The summed E-state index contributed by atoms with van der Waals surface area (Å²) in [7, 11) is 0. The molecule has 2 nitrogen and oxygen atoms in total. The minimum atomic E-state index is -0.382. The van der Waals surface area contributed by atoms with Crippen molar-refractivity contribution in [2.75, 3.05) is 6.61 Å². The fourth-order valence-electron chi connectivity index (χ4n) is 1.78. The van der Waals surface area contributed by atoms with Gasteiger partial charge in [0.1, 0.15) is 23.8 Å². The second kappa shape index (κ2) is 5.42. The largest absolute Gasteiger partial charge is 0.486 e.